The summed E-state index contributed by atoms with van der Waals surface area (Å²) in [5, 5.41) is 22.5. The van der Waals surface area contributed by atoms with Gasteiger partial charge in [0.2, 0.25) is 5.16 Å². The third-order valence-corrected chi connectivity index (χ3v) is 3.91. The van der Waals surface area contributed by atoms with Crippen LogP contribution in [0.15, 0.2) is 27.8 Å². The predicted molar refractivity (Wildman–Crippen MR) is 69.2 cm³/mol. The van der Waals surface area contributed by atoms with E-state index in [9.17, 15) is 10.1 Å². The lowest BCUT2D eigenvalue weighted by Gasteiger charge is -2.01. The van der Waals surface area contributed by atoms with Crippen LogP contribution in [-0.4, -0.2) is 25.1 Å². The molecule has 0 N–H and O–H groups in total. The summed E-state index contributed by atoms with van der Waals surface area (Å²) in [6.07, 6.45) is 0. The summed E-state index contributed by atoms with van der Waals surface area (Å²) >= 11 is 4.57. The highest BCUT2D eigenvalue weighted by molar-refractivity contribution is 9.10. The highest BCUT2D eigenvalue weighted by Gasteiger charge is 2.13. The Kier molecular flexibility index (Phi) is 3.92. The quantitative estimate of drug-likeness (QED) is 0.485. The lowest BCUT2D eigenvalue weighted by molar-refractivity contribution is -0.385. The van der Waals surface area contributed by atoms with Gasteiger partial charge in [0.25, 0.3) is 5.69 Å². The molecule has 18 heavy (non-hydrogen) atoms. The fraction of sp³-hybridized carbons (Fsp3) is 0.222. The summed E-state index contributed by atoms with van der Waals surface area (Å²) in [7, 11) is 1.74. The largest absolute Gasteiger partial charge is 0.283 e. The summed E-state index contributed by atoms with van der Waals surface area (Å²) in [5.41, 5.74) is 0.905. The lowest BCUT2D eigenvalue weighted by atomic mass is 10.2. The van der Waals surface area contributed by atoms with Crippen molar-refractivity contribution in [2.45, 2.75) is 10.9 Å². The zero-order chi connectivity index (χ0) is 13.1. The lowest BCUT2D eigenvalue weighted by Crippen LogP contribution is -1.94. The van der Waals surface area contributed by atoms with Crippen LogP contribution in [0.4, 0.5) is 5.69 Å². The molecule has 1 heterocycles. The summed E-state index contributed by atoms with van der Waals surface area (Å²) in [6.45, 7) is 0. The maximum absolute atomic E-state index is 10.8. The van der Waals surface area contributed by atoms with E-state index >= 15 is 0 Å². The minimum atomic E-state index is -0.415. The van der Waals surface area contributed by atoms with Gasteiger partial charge in [-0.2, -0.15) is 0 Å². The van der Waals surface area contributed by atoms with Crippen LogP contribution in [0.5, 0.6) is 0 Å². The second-order valence-corrected chi connectivity index (χ2v) is 5.21. The van der Waals surface area contributed by atoms with Gasteiger partial charge in [-0.05, 0) is 38.0 Å². The molecule has 0 saturated carbocycles. The molecule has 0 aliphatic heterocycles. The van der Waals surface area contributed by atoms with Crippen molar-refractivity contribution in [3.05, 3.63) is 38.3 Å². The Morgan fingerprint density at radius 1 is 1.56 bits per heavy atom. The Labute approximate surface area is 115 Å². The zero-order valence-corrected chi connectivity index (χ0v) is 11.7. The van der Waals surface area contributed by atoms with Crippen molar-refractivity contribution in [3.63, 3.8) is 0 Å². The van der Waals surface area contributed by atoms with Gasteiger partial charge in [-0.3, -0.25) is 10.1 Å². The van der Waals surface area contributed by atoms with E-state index in [2.05, 4.69) is 31.5 Å². The number of tetrazole rings is 1. The van der Waals surface area contributed by atoms with Crippen molar-refractivity contribution in [2.24, 2.45) is 7.05 Å². The topological polar surface area (TPSA) is 86.7 Å². The van der Waals surface area contributed by atoms with Crippen LogP contribution < -0.4 is 0 Å². The molecule has 94 valence electrons. The Morgan fingerprint density at radius 2 is 2.33 bits per heavy atom. The fourth-order valence-corrected chi connectivity index (χ4v) is 2.46. The molecule has 1 aromatic carbocycles. The average molecular weight is 330 g/mol. The zero-order valence-electron chi connectivity index (χ0n) is 9.28. The van der Waals surface area contributed by atoms with E-state index in [0.29, 0.717) is 15.4 Å². The van der Waals surface area contributed by atoms with Crippen molar-refractivity contribution in [3.8, 4) is 0 Å². The molecule has 0 radical (unpaired) electrons. The highest BCUT2D eigenvalue weighted by atomic mass is 79.9. The van der Waals surface area contributed by atoms with Crippen LogP contribution in [0.25, 0.3) is 0 Å². The molecule has 0 atom stereocenters. The molecule has 0 amide bonds. The Hall–Kier alpha value is -1.48. The van der Waals surface area contributed by atoms with Crippen molar-refractivity contribution in [1.82, 2.24) is 20.2 Å². The van der Waals surface area contributed by atoms with Crippen LogP contribution in [0.1, 0.15) is 5.56 Å². The monoisotopic (exact) mass is 329 g/mol. The Balaban J connectivity index is 2.13. The molecule has 0 bridgehead atoms. The van der Waals surface area contributed by atoms with E-state index in [1.165, 1.54) is 11.8 Å². The normalized spacial score (nSPS) is 10.6. The van der Waals surface area contributed by atoms with Crippen LogP contribution in [0, 0.1) is 10.1 Å². The van der Waals surface area contributed by atoms with Gasteiger partial charge in [0.05, 0.1) is 9.40 Å². The molecule has 0 fully saturated rings. The summed E-state index contributed by atoms with van der Waals surface area (Å²) in [4.78, 5) is 10.4. The number of aryl methyl sites for hydroxylation is 1. The second kappa shape index (κ2) is 5.44. The van der Waals surface area contributed by atoms with Gasteiger partial charge in [0.15, 0.2) is 0 Å². The molecule has 1 aromatic heterocycles. The smallest absolute Gasteiger partial charge is 0.258 e. The van der Waals surface area contributed by atoms with E-state index in [1.807, 2.05) is 6.07 Å². The van der Waals surface area contributed by atoms with Gasteiger partial charge in [-0.25, -0.2) is 4.68 Å². The van der Waals surface area contributed by atoms with Gasteiger partial charge in [0.1, 0.15) is 0 Å². The molecule has 0 unspecified atom stereocenters. The molecule has 9 heteroatoms. The molecule has 2 aromatic rings. The number of hydrogen-bond acceptors (Lipinski definition) is 6. The maximum Gasteiger partial charge on any atom is 0.283 e. The highest BCUT2D eigenvalue weighted by Crippen LogP contribution is 2.28. The first-order valence-corrected chi connectivity index (χ1v) is 6.64. The predicted octanol–water partition coefficient (Wildman–Crippen LogP) is 2.17. The summed E-state index contributed by atoms with van der Waals surface area (Å²) < 4.78 is 2.03. The van der Waals surface area contributed by atoms with Crippen LogP contribution in [0.2, 0.25) is 0 Å². The number of aromatic nitrogens is 4. The van der Waals surface area contributed by atoms with Gasteiger partial charge in [-0.15, -0.1) is 5.10 Å². The first kappa shape index (κ1) is 13.0. The molecular weight excluding hydrogens is 322 g/mol. The number of nitro groups is 1. The fourth-order valence-electron chi connectivity index (χ4n) is 1.28. The second-order valence-electron chi connectivity index (χ2n) is 3.42. The average Bonchev–Trinajstić information content (AvgIpc) is 2.73. The van der Waals surface area contributed by atoms with Gasteiger partial charge >= 0.3 is 0 Å². The molecular formula is C9H8BrN5O2S. The molecule has 0 spiro atoms. The van der Waals surface area contributed by atoms with E-state index in [-0.39, 0.29) is 5.69 Å². The molecule has 0 aliphatic carbocycles. The van der Waals surface area contributed by atoms with E-state index in [0.717, 1.165) is 5.56 Å². The van der Waals surface area contributed by atoms with Crippen LogP contribution in [0.3, 0.4) is 0 Å². The summed E-state index contributed by atoms with van der Waals surface area (Å²) in [5.74, 6) is 0.572. The minimum Gasteiger partial charge on any atom is -0.258 e. The van der Waals surface area contributed by atoms with E-state index in [4.69, 9.17) is 0 Å². The molecule has 0 aliphatic rings. The number of halogens is 1. The van der Waals surface area contributed by atoms with Crippen molar-refractivity contribution >= 4 is 33.4 Å². The Morgan fingerprint density at radius 3 is 2.94 bits per heavy atom. The van der Waals surface area contributed by atoms with E-state index in [1.54, 1.807) is 23.9 Å². The number of benzene rings is 1. The third-order valence-electron chi connectivity index (χ3n) is 2.16. The minimum absolute atomic E-state index is 0.0594. The van der Waals surface area contributed by atoms with Crippen molar-refractivity contribution in [1.29, 1.82) is 0 Å². The number of nitro benzene ring substituents is 1. The first-order chi connectivity index (χ1) is 8.58. The molecule has 7 nitrogen and oxygen atoms in total. The number of rotatable bonds is 4. The SMILES string of the molecule is Cn1nnnc1SCc1ccc(Br)c([N+](=O)[O-])c1. The molecule has 2 rings (SSSR count). The standard InChI is InChI=1S/C9H8BrN5O2S/c1-14-9(11-12-13-14)18-5-6-2-3-7(10)8(4-6)15(16)17/h2-4H,5H2,1H3. The van der Waals surface area contributed by atoms with Gasteiger partial charge in [-0.1, -0.05) is 17.8 Å². The number of hydrogen-bond donors (Lipinski definition) is 0. The van der Waals surface area contributed by atoms with Crippen molar-refractivity contribution in [2.75, 3.05) is 0 Å². The van der Waals surface area contributed by atoms with Crippen molar-refractivity contribution < 1.29 is 4.92 Å². The molecule has 0 saturated heterocycles. The van der Waals surface area contributed by atoms with Crippen LogP contribution >= 0.6 is 27.7 Å². The van der Waals surface area contributed by atoms with E-state index < -0.39 is 4.92 Å². The number of thioether (sulfide) groups is 1. The Bertz CT molecular complexity index is 588. The third kappa shape index (κ3) is 2.85. The van der Waals surface area contributed by atoms with Gasteiger partial charge < -0.3 is 0 Å². The first-order valence-electron chi connectivity index (χ1n) is 4.86. The summed E-state index contributed by atoms with van der Waals surface area (Å²) in [6, 6.07) is 5.04. The maximum atomic E-state index is 10.8. The number of nitrogens with zero attached hydrogens (tertiary/aromatic N) is 5. The van der Waals surface area contributed by atoms with Gasteiger partial charge in [0, 0.05) is 18.9 Å². The van der Waals surface area contributed by atoms with Crippen LogP contribution in [-0.2, 0) is 12.8 Å².